The zero-order valence-corrected chi connectivity index (χ0v) is 15.0. The number of aliphatic carboxylic acids is 1. The number of aryl methyl sites for hydroxylation is 2. The van der Waals surface area contributed by atoms with Crippen molar-refractivity contribution in [3.05, 3.63) is 53.0 Å². The second-order valence-electron chi connectivity index (χ2n) is 6.67. The van der Waals surface area contributed by atoms with Gasteiger partial charge in [-0.2, -0.15) is 0 Å². The number of amides is 1. The van der Waals surface area contributed by atoms with Crippen molar-refractivity contribution in [3.63, 3.8) is 0 Å². The number of carboxylic acid groups (broad SMARTS) is 1. The second-order valence-corrected chi connectivity index (χ2v) is 6.67. The molecule has 1 saturated heterocycles. The third-order valence-corrected chi connectivity index (χ3v) is 4.62. The van der Waals surface area contributed by atoms with Crippen molar-refractivity contribution in [2.45, 2.75) is 45.8 Å². The standard InChI is InChI=1S/C20H23NO5/c1-13-6-8-17(14(2)11-13)25-12-15-7-9-18(26-15)19(22)21-10-4-3-5-16(21)20(23)24/h6-9,11,16H,3-5,10,12H2,1-2H3,(H,23,24)/t16-/m0/s1. The summed E-state index contributed by atoms with van der Waals surface area (Å²) in [7, 11) is 0. The zero-order chi connectivity index (χ0) is 18.7. The fourth-order valence-electron chi connectivity index (χ4n) is 3.25. The first-order valence-electron chi connectivity index (χ1n) is 8.78. The van der Waals surface area contributed by atoms with Gasteiger partial charge in [0.05, 0.1) is 0 Å². The van der Waals surface area contributed by atoms with Crippen molar-refractivity contribution >= 4 is 11.9 Å². The van der Waals surface area contributed by atoms with Gasteiger partial charge in [-0.15, -0.1) is 0 Å². The van der Waals surface area contributed by atoms with Crippen LogP contribution in [0.3, 0.4) is 0 Å². The summed E-state index contributed by atoms with van der Waals surface area (Å²) in [4.78, 5) is 25.4. The van der Waals surface area contributed by atoms with E-state index in [2.05, 4.69) is 0 Å². The Morgan fingerprint density at radius 3 is 2.77 bits per heavy atom. The molecule has 2 heterocycles. The maximum absolute atomic E-state index is 12.6. The first-order valence-corrected chi connectivity index (χ1v) is 8.78. The number of likely N-dealkylation sites (tertiary alicyclic amines) is 1. The second kappa shape index (κ2) is 7.64. The smallest absolute Gasteiger partial charge is 0.326 e. The van der Waals surface area contributed by atoms with Crippen LogP contribution in [-0.2, 0) is 11.4 Å². The van der Waals surface area contributed by atoms with Crippen LogP contribution in [0.25, 0.3) is 0 Å². The molecule has 1 atom stereocenters. The lowest BCUT2D eigenvalue weighted by Gasteiger charge is -2.32. The molecule has 1 aromatic carbocycles. The Hall–Kier alpha value is -2.76. The van der Waals surface area contributed by atoms with E-state index in [1.165, 1.54) is 4.90 Å². The van der Waals surface area contributed by atoms with Gasteiger partial charge in [-0.25, -0.2) is 4.79 Å². The van der Waals surface area contributed by atoms with Crippen molar-refractivity contribution in [1.82, 2.24) is 4.90 Å². The summed E-state index contributed by atoms with van der Waals surface area (Å²) in [6, 6.07) is 8.41. The lowest BCUT2D eigenvalue weighted by atomic mass is 10.0. The Labute approximate surface area is 152 Å². The predicted octanol–water partition coefficient (Wildman–Crippen LogP) is 3.55. The molecule has 1 fully saturated rings. The molecule has 0 radical (unpaired) electrons. The van der Waals surface area contributed by atoms with Gasteiger partial charge in [0.25, 0.3) is 5.91 Å². The van der Waals surface area contributed by atoms with Gasteiger partial charge in [0.1, 0.15) is 24.2 Å². The van der Waals surface area contributed by atoms with Crippen molar-refractivity contribution in [2.75, 3.05) is 6.54 Å². The highest BCUT2D eigenvalue weighted by molar-refractivity contribution is 5.94. The quantitative estimate of drug-likeness (QED) is 0.885. The lowest BCUT2D eigenvalue weighted by Crippen LogP contribution is -2.47. The topological polar surface area (TPSA) is 80.0 Å². The van der Waals surface area contributed by atoms with Crippen LogP contribution in [0.15, 0.2) is 34.7 Å². The summed E-state index contributed by atoms with van der Waals surface area (Å²) >= 11 is 0. The van der Waals surface area contributed by atoms with Crippen LogP contribution >= 0.6 is 0 Å². The number of carbonyl (C=O) groups excluding carboxylic acids is 1. The van der Waals surface area contributed by atoms with Crippen LogP contribution in [0.5, 0.6) is 5.75 Å². The molecular weight excluding hydrogens is 334 g/mol. The summed E-state index contributed by atoms with van der Waals surface area (Å²) in [6.07, 6.45) is 2.09. The van der Waals surface area contributed by atoms with Crippen LogP contribution in [0.2, 0.25) is 0 Å². The zero-order valence-electron chi connectivity index (χ0n) is 15.0. The molecule has 2 aromatic rings. The summed E-state index contributed by atoms with van der Waals surface area (Å²) in [5.74, 6) is 0.0920. The molecular formula is C20H23NO5. The van der Waals surface area contributed by atoms with Gasteiger partial charge in [-0.3, -0.25) is 4.79 Å². The predicted molar refractivity (Wildman–Crippen MR) is 95.3 cm³/mol. The number of nitrogens with zero attached hydrogens (tertiary/aromatic N) is 1. The number of hydrogen-bond donors (Lipinski definition) is 1. The molecule has 0 spiro atoms. The van der Waals surface area contributed by atoms with Crippen molar-refractivity contribution in [1.29, 1.82) is 0 Å². The Morgan fingerprint density at radius 2 is 2.04 bits per heavy atom. The van der Waals surface area contributed by atoms with Gasteiger partial charge in [0.2, 0.25) is 0 Å². The van der Waals surface area contributed by atoms with E-state index in [1.807, 2.05) is 32.0 Å². The summed E-state index contributed by atoms with van der Waals surface area (Å²) < 4.78 is 11.4. The minimum absolute atomic E-state index is 0.150. The van der Waals surface area contributed by atoms with E-state index < -0.39 is 12.0 Å². The Morgan fingerprint density at radius 1 is 1.23 bits per heavy atom. The molecule has 0 bridgehead atoms. The summed E-state index contributed by atoms with van der Waals surface area (Å²) in [6.45, 7) is 4.64. The van der Waals surface area contributed by atoms with Gasteiger partial charge in [-0.1, -0.05) is 17.7 Å². The van der Waals surface area contributed by atoms with E-state index in [0.717, 1.165) is 29.7 Å². The van der Waals surface area contributed by atoms with E-state index in [9.17, 15) is 14.7 Å². The molecule has 6 nitrogen and oxygen atoms in total. The molecule has 0 unspecified atom stereocenters. The normalized spacial score (nSPS) is 17.2. The number of carbonyl (C=O) groups is 2. The molecule has 1 aliphatic heterocycles. The van der Waals surface area contributed by atoms with E-state index in [-0.39, 0.29) is 18.3 Å². The molecule has 3 rings (SSSR count). The van der Waals surface area contributed by atoms with Crippen LogP contribution in [0, 0.1) is 13.8 Å². The van der Waals surface area contributed by atoms with Crippen LogP contribution in [0.4, 0.5) is 0 Å². The summed E-state index contributed by atoms with van der Waals surface area (Å²) in [5.41, 5.74) is 2.20. The fourth-order valence-corrected chi connectivity index (χ4v) is 3.25. The van der Waals surface area contributed by atoms with E-state index in [4.69, 9.17) is 9.15 Å². The van der Waals surface area contributed by atoms with E-state index in [0.29, 0.717) is 18.7 Å². The number of hydrogen-bond acceptors (Lipinski definition) is 4. The first-order chi connectivity index (χ1) is 12.5. The third-order valence-electron chi connectivity index (χ3n) is 4.62. The molecule has 1 N–H and O–H groups in total. The molecule has 6 heteroatoms. The van der Waals surface area contributed by atoms with E-state index >= 15 is 0 Å². The minimum atomic E-state index is -0.969. The highest BCUT2D eigenvalue weighted by Crippen LogP contribution is 2.23. The van der Waals surface area contributed by atoms with Gasteiger partial charge >= 0.3 is 5.97 Å². The number of benzene rings is 1. The average molecular weight is 357 g/mol. The van der Waals surface area contributed by atoms with Gasteiger partial charge in [0, 0.05) is 6.54 Å². The Balaban J connectivity index is 1.67. The Bertz CT molecular complexity index is 810. The minimum Gasteiger partial charge on any atom is -0.485 e. The van der Waals surface area contributed by atoms with Crippen LogP contribution in [-0.4, -0.2) is 34.5 Å². The van der Waals surface area contributed by atoms with Crippen LogP contribution < -0.4 is 4.74 Å². The van der Waals surface area contributed by atoms with Gasteiger partial charge in [-0.05, 0) is 56.9 Å². The molecule has 1 aromatic heterocycles. The van der Waals surface area contributed by atoms with Crippen molar-refractivity contribution in [2.24, 2.45) is 0 Å². The monoisotopic (exact) mass is 357 g/mol. The lowest BCUT2D eigenvalue weighted by molar-refractivity contribution is -0.143. The largest absolute Gasteiger partial charge is 0.485 e. The molecule has 1 aliphatic rings. The summed E-state index contributed by atoms with van der Waals surface area (Å²) in [5, 5.41) is 9.32. The number of ether oxygens (including phenoxy) is 1. The van der Waals surface area contributed by atoms with Gasteiger partial charge < -0.3 is 19.2 Å². The fraction of sp³-hybridized carbons (Fsp3) is 0.400. The van der Waals surface area contributed by atoms with Crippen LogP contribution in [0.1, 0.15) is 46.7 Å². The number of rotatable bonds is 5. The molecule has 26 heavy (non-hydrogen) atoms. The van der Waals surface area contributed by atoms with Gasteiger partial charge in [0.15, 0.2) is 5.76 Å². The highest BCUT2D eigenvalue weighted by Gasteiger charge is 2.33. The third kappa shape index (κ3) is 3.90. The number of carboxylic acids is 1. The van der Waals surface area contributed by atoms with Crippen molar-refractivity contribution < 1.29 is 23.8 Å². The Kier molecular flexibility index (Phi) is 5.30. The number of furan rings is 1. The SMILES string of the molecule is Cc1ccc(OCc2ccc(C(=O)N3CCCC[C@H]3C(=O)O)o2)c(C)c1. The maximum atomic E-state index is 12.6. The average Bonchev–Trinajstić information content (AvgIpc) is 3.09. The highest BCUT2D eigenvalue weighted by atomic mass is 16.5. The van der Waals surface area contributed by atoms with E-state index in [1.54, 1.807) is 12.1 Å². The maximum Gasteiger partial charge on any atom is 0.326 e. The molecule has 1 amide bonds. The molecule has 0 aliphatic carbocycles. The number of piperidine rings is 1. The van der Waals surface area contributed by atoms with Crippen molar-refractivity contribution in [3.8, 4) is 5.75 Å². The first kappa shape index (κ1) is 18.0. The molecule has 0 saturated carbocycles. The molecule has 138 valence electrons.